The summed E-state index contributed by atoms with van der Waals surface area (Å²) in [6.07, 6.45) is 0. The van der Waals surface area contributed by atoms with Crippen molar-refractivity contribution >= 4 is 22.3 Å². The van der Waals surface area contributed by atoms with Crippen LogP contribution in [0.2, 0.25) is 0 Å². The minimum Gasteiger partial charge on any atom is -0.399 e. The molecule has 0 fully saturated rings. The fourth-order valence-corrected chi connectivity index (χ4v) is 2.15. The first-order chi connectivity index (χ1) is 9.47. The summed E-state index contributed by atoms with van der Waals surface area (Å²) in [6.45, 7) is 8.32. The molecule has 0 amide bonds. The van der Waals surface area contributed by atoms with E-state index < -0.39 is 0 Å². The summed E-state index contributed by atoms with van der Waals surface area (Å²) in [7, 11) is 2.14. The molecular weight excluding hydrogens is 248 g/mol. The molecule has 20 heavy (non-hydrogen) atoms. The number of nitrogen functional groups attached to an aromatic ring is 1. The van der Waals surface area contributed by atoms with E-state index in [0.717, 1.165) is 41.1 Å². The Hall–Kier alpha value is -1.81. The standard InChI is InChI=1S/C16H24N4/c1-11(2)20(4)8-7-18-16-9-12(3)19-15-6-5-13(17)10-14(15)16/h5-6,9-11H,7-8,17H2,1-4H3,(H,18,19). The van der Waals surface area contributed by atoms with Gasteiger partial charge in [-0.3, -0.25) is 4.98 Å². The SMILES string of the molecule is Cc1cc(NCCN(C)C(C)C)c2cc(N)ccc2n1. The number of nitrogens with two attached hydrogens (primary N) is 1. The summed E-state index contributed by atoms with van der Waals surface area (Å²) in [5.41, 5.74) is 9.76. The number of hydrogen-bond acceptors (Lipinski definition) is 4. The van der Waals surface area contributed by atoms with Gasteiger partial charge in [-0.1, -0.05) is 0 Å². The quantitative estimate of drug-likeness (QED) is 0.822. The molecule has 1 aromatic carbocycles. The van der Waals surface area contributed by atoms with Gasteiger partial charge in [0, 0.05) is 41.6 Å². The first-order valence-electron chi connectivity index (χ1n) is 7.08. The molecule has 4 heteroatoms. The van der Waals surface area contributed by atoms with Gasteiger partial charge in [-0.15, -0.1) is 0 Å². The number of fused-ring (bicyclic) bond motifs is 1. The fraction of sp³-hybridized carbons (Fsp3) is 0.438. The zero-order valence-corrected chi connectivity index (χ0v) is 12.8. The first-order valence-corrected chi connectivity index (χ1v) is 7.08. The predicted molar refractivity (Wildman–Crippen MR) is 87.1 cm³/mol. The van der Waals surface area contributed by atoms with Crippen molar-refractivity contribution in [1.29, 1.82) is 0 Å². The van der Waals surface area contributed by atoms with Gasteiger partial charge in [0.1, 0.15) is 0 Å². The van der Waals surface area contributed by atoms with Gasteiger partial charge < -0.3 is 16.0 Å². The van der Waals surface area contributed by atoms with Gasteiger partial charge in [-0.25, -0.2) is 0 Å². The molecule has 0 aliphatic carbocycles. The van der Waals surface area contributed by atoms with Crippen molar-refractivity contribution in [3.8, 4) is 0 Å². The molecule has 0 aliphatic rings. The first kappa shape index (κ1) is 14.6. The van der Waals surface area contributed by atoms with Gasteiger partial charge in [0.05, 0.1) is 5.52 Å². The molecule has 0 atom stereocenters. The lowest BCUT2D eigenvalue weighted by molar-refractivity contribution is 0.284. The summed E-state index contributed by atoms with van der Waals surface area (Å²) >= 11 is 0. The second-order valence-electron chi connectivity index (χ2n) is 5.59. The molecule has 2 rings (SSSR count). The van der Waals surface area contributed by atoms with E-state index >= 15 is 0 Å². The molecule has 0 spiro atoms. The molecule has 0 aliphatic heterocycles. The third-order valence-electron chi connectivity index (χ3n) is 3.62. The Bertz CT molecular complexity index is 592. The van der Waals surface area contributed by atoms with Gasteiger partial charge in [0.25, 0.3) is 0 Å². The average Bonchev–Trinajstić information content (AvgIpc) is 2.39. The molecule has 1 aromatic heterocycles. The van der Waals surface area contributed by atoms with E-state index in [4.69, 9.17) is 5.73 Å². The highest BCUT2D eigenvalue weighted by Gasteiger charge is 2.06. The van der Waals surface area contributed by atoms with Gasteiger partial charge in [0.15, 0.2) is 0 Å². The number of nitrogens with zero attached hydrogens (tertiary/aromatic N) is 2. The maximum Gasteiger partial charge on any atom is 0.0727 e. The van der Waals surface area contributed by atoms with Gasteiger partial charge in [-0.05, 0) is 52.1 Å². The molecule has 0 bridgehead atoms. The molecule has 108 valence electrons. The minimum absolute atomic E-state index is 0.559. The Morgan fingerprint density at radius 3 is 2.75 bits per heavy atom. The summed E-state index contributed by atoms with van der Waals surface area (Å²) in [5.74, 6) is 0. The third-order valence-corrected chi connectivity index (χ3v) is 3.62. The van der Waals surface area contributed by atoms with Crippen LogP contribution in [0.25, 0.3) is 10.9 Å². The van der Waals surface area contributed by atoms with Crippen LogP contribution in [0.1, 0.15) is 19.5 Å². The second kappa shape index (κ2) is 6.09. The zero-order valence-electron chi connectivity index (χ0n) is 12.8. The summed E-state index contributed by atoms with van der Waals surface area (Å²) in [5, 5.41) is 4.59. The fourth-order valence-electron chi connectivity index (χ4n) is 2.15. The number of pyridine rings is 1. The largest absolute Gasteiger partial charge is 0.399 e. The Morgan fingerprint density at radius 2 is 2.05 bits per heavy atom. The Morgan fingerprint density at radius 1 is 1.30 bits per heavy atom. The van der Waals surface area contributed by atoms with Crippen LogP contribution < -0.4 is 11.1 Å². The van der Waals surface area contributed by atoms with Crippen molar-refractivity contribution < 1.29 is 0 Å². The third kappa shape index (κ3) is 3.39. The van der Waals surface area contributed by atoms with E-state index in [2.05, 4.69) is 42.2 Å². The molecule has 1 heterocycles. The van der Waals surface area contributed by atoms with Crippen LogP contribution in [0.4, 0.5) is 11.4 Å². The maximum atomic E-state index is 5.88. The van der Waals surface area contributed by atoms with Crippen LogP contribution in [0.3, 0.4) is 0 Å². The highest BCUT2D eigenvalue weighted by atomic mass is 15.1. The monoisotopic (exact) mass is 272 g/mol. The highest BCUT2D eigenvalue weighted by Crippen LogP contribution is 2.25. The summed E-state index contributed by atoms with van der Waals surface area (Å²) < 4.78 is 0. The molecule has 0 saturated heterocycles. The van der Waals surface area contributed by atoms with Gasteiger partial charge >= 0.3 is 0 Å². The van der Waals surface area contributed by atoms with E-state index in [1.807, 2.05) is 25.1 Å². The van der Waals surface area contributed by atoms with Gasteiger partial charge in [-0.2, -0.15) is 0 Å². The number of aryl methyl sites for hydroxylation is 1. The lowest BCUT2D eigenvalue weighted by atomic mass is 10.1. The Labute approximate surface area is 121 Å². The number of hydrogen-bond donors (Lipinski definition) is 2. The number of benzene rings is 1. The van der Waals surface area contributed by atoms with Crippen molar-refractivity contribution in [2.45, 2.75) is 26.8 Å². The molecular formula is C16H24N4. The van der Waals surface area contributed by atoms with Crippen LogP contribution >= 0.6 is 0 Å². The maximum absolute atomic E-state index is 5.88. The van der Waals surface area contributed by atoms with E-state index in [-0.39, 0.29) is 0 Å². The number of nitrogens with one attached hydrogen (secondary N) is 1. The Kier molecular flexibility index (Phi) is 4.45. The van der Waals surface area contributed by atoms with E-state index in [1.165, 1.54) is 0 Å². The van der Waals surface area contributed by atoms with Crippen molar-refractivity contribution in [2.75, 3.05) is 31.2 Å². The second-order valence-corrected chi connectivity index (χ2v) is 5.59. The van der Waals surface area contributed by atoms with Gasteiger partial charge in [0.2, 0.25) is 0 Å². The Balaban J connectivity index is 2.18. The molecule has 3 N–H and O–H groups in total. The minimum atomic E-state index is 0.559. The number of likely N-dealkylation sites (N-methyl/N-ethyl adjacent to an activating group) is 1. The van der Waals surface area contributed by atoms with E-state index in [1.54, 1.807) is 0 Å². The van der Waals surface area contributed by atoms with Crippen LogP contribution in [-0.4, -0.2) is 36.1 Å². The van der Waals surface area contributed by atoms with Crippen molar-refractivity contribution in [3.05, 3.63) is 30.0 Å². The van der Waals surface area contributed by atoms with E-state index in [9.17, 15) is 0 Å². The van der Waals surface area contributed by atoms with Crippen LogP contribution in [-0.2, 0) is 0 Å². The molecule has 4 nitrogen and oxygen atoms in total. The molecule has 0 saturated carbocycles. The van der Waals surface area contributed by atoms with E-state index in [0.29, 0.717) is 6.04 Å². The zero-order chi connectivity index (χ0) is 14.7. The summed E-state index contributed by atoms with van der Waals surface area (Å²) in [6, 6.07) is 8.49. The molecule has 0 unspecified atom stereocenters. The molecule has 2 aromatic rings. The van der Waals surface area contributed by atoms with Crippen molar-refractivity contribution in [2.24, 2.45) is 0 Å². The van der Waals surface area contributed by atoms with Crippen LogP contribution in [0, 0.1) is 6.92 Å². The van der Waals surface area contributed by atoms with Crippen molar-refractivity contribution in [3.63, 3.8) is 0 Å². The smallest absolute Gasteiger partial charge is 0.0727 e. The highest BCUT2D eigenvalue weighted by molar-refractivity contribution is 5.93. The van der Waals surface area contributed by atoms with Crippen LogP contribution in [0.5, 0.6) is 0 Å². The number of aromatic nitrogens is 1. The summed E-state index contributed by atoms with van der Waals surface area (Å²) in [4.78, 5) is 6.86. The lowest BCUT2D eigenvalue weighted by Crippen LogP contribution is -2.31. The average molecular weight is 272 g/mol. The van der Waals surface area contributed by atoms with Crippen LogP contribution in [0.15, 0.2) is 24.3 Å². The molecule has 0 radical (unpaired) electrons. The normalized spacial score (nSPS) is 11.5. The topological polar surface area (TPSA) is 54.2 Å². The lowest BCUT2D eigenvalue weighted by Gasteiger charge is -2.21. The number of rotatable bonds is 5. The number of anilines is 2. The van der Waals surface area contributed by atoms with Crippen molar-refractivity contribution in [1.82, 2.24) is 9.88 Å². The predicted octanol–water partition coefficient (Wildman–Crippen LogP) is 2.88.